The van der Waals surface area contributed by atoms with Gasteiger partial charge in [0, 0.05) is 16.8 Å². The maximum atomic E-state index is 12.9. The third-order valence-corrected chi connectivity index (χ3v) is 4.01. The van der Waals surface area contributed by atoms with Crippen LogP contribution in [0.4, 0.5) is 5.69 Å². The number of nitrogens with one attached hydrogen (secondary N) is 1. The SMILES string of the molecule is COc1cc(C)c(NC(=O)c2cc(Cl)ccc2-n2cnnn2)cc1OC. The van der Waals surface area contributed by atoms with Gasteiger partial charge in [0.1, 0.15) is 6.33 Å². The monoisotopic (exact) mass is 373 g/mol. The summed E-state index contributed by atoms with van der Waals surface area (Å²) in [7, 11) is 3.09. The van der Waals surface area contributed by atoms with Crippen molar-refractivity contribution in [1.82, 2.24) is 20.2 Å². The van der Waals surface area contributed by atoms with Crippen molar-refractivity contribution >= 4 is 23.2 Å². The molecule has 1 aromatic heterocycles. The molecule has 2 aromatic carbocycles. The minimum Gasteiger partial charge on any atom is -0.493 e. The fraction of sp³-hybridized carbons (Fsp3) is 0.176. The van der Waals surface area contributed by atoms with Crippen LogP contribution in [0.25, 0.3) is 5.69 Å². The van der Waals surface area contributed by atoms with E-state index in [1.807, 2.05) is 6.92 Å². The average molecular weight is 374 g/mol. The summed E-state index contributed by atoms with van der Waals surface area (Å²) in [5.74, 6) is 0.744. The van der Waals surface area contributed by atoms with Gasteiger partial charge in [-0.15, -0.1) is 5.10 Å². The van der Waals surface area contributed by atoms with Crippen molar-refractivity contribution in [3.8, 4) is 17.2 Å². The lowest BCUT2D eigenvalue weighted by molar-refractivity contribution is 0.102. The number of carbonyl (C=O) groups is 1. The Balaban J connectivity index is 1.98. The molecule has 1 heterocycles. The van der Waals surface area contributed by atoms with E-state index in [0.29, 0.717) is 33.5 Å². The van der Waals surface area contributed by atoms with Crippen LogP contribution in [0.5, 0.6) is 11.5 Å². The largest absolute Gasteiger partial charge is 0.493 e. The fourth-order valence-corrected chi connectivity index (χ4v) is 2.64. The molecule has 0 radical (unpaired) electrons. The third kappa shape index (κ3) is 3.45. The second-order valence-corrected chi connectivity index (χ2v) is 5.83. The first-order valence-electron chi connectivity index (χ1n) is 7.60. The first-order valence-corrected chi connectivity index (χ1v) is 7.98. The van der Waals surface area contributed by atoms with Crippen LogP contribution in [0, 0.1) is 6.92 Å². The molecule has 0 aliphatic carbocycles. The van der Waals surface area contributed by atoms with Crippen LogP contribution < -0.4 is 14.8 Å². The van der Waals surface area contributed by atoms with E-state index in [0.717, 1.165) is 5.56 Å². The number of hydrogen-bond acceptors (Lipinski definition) is 6. The van der Waals surface area contributed by atoms with Crippen molar-refractivity contribution < 1.29 is 14.3 Å². The number of aromatic nitrogens is 4. The van der Waals surface area contributed by atoms with E-state index in [9.17, 15) is 4.79 Å². The fourth-order valence-electron chi connectivity index (χ4n) is 2.47. The minimum atomic E-state index is -0.353. The standard InChI is InChI=1S/C17H16ClN5O3/c1-10-6-15(25-2)16(26-3)8-13(10)20-17(24)12-7-11(18)4-5-14(12)23-9-19-21-22-23/h4-9H,1-3H3,(H,20,24). The Morgan fingerprint density at radius 1 is 1.15 bits per heavy atom. The van der Waals surface area contributed by atoms with Gasteiger partial charge in [0.15, 0.2) is 11.5 Å². The molecule has 0 aliphatic heterocycles. The number of methoxy groups -OCH3 is 2. The molecule has 0 saturated heterocycles. The molecule has 0 saturated carbocycles. The Hall–Kier alpha value is -3.13. The smallest absolute Gasteiger partial charge is 0.257 e. The number of rotatable bonds is 5. The molecule has 0 atom stereocenters. The summed E-state index contributed by atoms with van der Waals surface area (Å²) in [6.07, 6.45) is 1.40. The number of anilines is 1. The summed E-state index contributed by atoms with van der Waals surface area (Å²) in [6, 6.07) is 8.39. The zero-order chi connectivity index (χ0) is 18.7. The highest BCUT2D eigenvalue weighted by atomic mass is 35.5. The summed E-state index contributed by atoms with van der Waals surface area (Å²) in [6.45, 7) is 1.86. The van der Waals surface area contributed by atoms with E-state index in [-0.39, 0.29) is 5.91 Å². The molecule has 1 amide bonds. The zero-order valence-electron chi connectivity index (χ0n) is 14.4. The number of amides is 1. The normalized spacial score (nSPS) is 10.5. The maximum Gasteiger partial charge on any atom is 0.257 e. The van der Waals surface area contributed by atoms with Crippen LogP contribution >= 0.6 is 11.6 Å². The Morgan fingerprint density at radius 2 is 1.88 bits per heavy atom. The van der Waals surface area contributed by atoms with Crippen molar-refractivity contribution in [1.29, 1.82) is 0 Å². The number of carbonyl (C=O) groups excluding carboxylic acids is 1. The lowest BCUT2D eigenvalue weighted by Gasteiger charge is -2.15. The molecular formula is C17H16ClN5O3. The van der Waals surface area contributed by atoms with Crippen molar-refractivity contribution in [3.05, 3.63) is 52.8 Å². The van der Waals surface area contributed by atoms with Gasteiger partial charge in [-0.05, 0) is 47.2 Å². The molecule has 26 heavy (non-hydrogen) atoms. The van der Waals surface area contributed by atoms with Gasteiger partial charge in [0.25, 0.3) is 5.91 Å². The molecule has 134 valence electrons. The van der Waals surface area contributed by atoms with Crippen LogP contribution in [-0.4, -0.2) is 40.3 Å². The maximum absolute atomic E-state index is 12.9. The number of benzene rings is 2. The van der Waals surface area contributed by atoms with Crippen molar-refractivity contribution in [2.45, 2.75) is 6.92 Å². The Morgan fingerprint density at radius 3 is 2.54 bits per heavy atom. The molecule has 3 aromatic rings. The molecule has 8 nitrogen and oxygen atoms in total. The first-order chi connectivity index (χ1) is 12.5. The Bertz CT molecular complexity index is 944. The summed E-state index contributed by atoms with van der Waals surface area (Å²) in [5, 5.41) is 14.3. The summed E-state index contributed by atoms with van der Waals surface area (Å²) in [5.41, 5.74) is 2.26. The number of ether oxygens (including phenoxy) is 2. The predicted octanol–water partition coefficient (Wildman–Crippen LogP) is 2.89. The van der Waals surface area contributed by atoms with Gasteiger partial charge in [0.05, 0.1) is 25.5 Å². The van der Waals surface area contributed by atoms with E-state index in [2.05, 4.69) is 20.8 Å². The zero-order valence-corrected chi connectivity index (χ0v) is 15.1. The molecule has 0 fully saturated rings. The van der Waals surface area contributed by atoms with Crippen LogP contribution in [0.1, 0.15) is 15.9 Å². The quantitative estimate of drug-likeness (QED) is 0.739. The van der Waals surface area contributed by atoms with Gasteiger partial charge in [0.2, 0.25) is 0 Å². The molecule has 1 N–H and O–H groups in total. The second-order valence-electron chi connectivity index (χ2n) is 5.39. The van der Waals surface area contributed by atoms with E-state index < -0.39 is 0 Å². The summed E-state index contributed by atoms with van der Waals surface area (Å²) < 4.78 is 12.0. The summed E-state index contributed by atoms with van der Waals surface area (Å²) in [4.78, 5) is 12.9. The second kappa shape index (κ2) is 7.40. The minimum absolute atomic E-state index is 0.332. The van der Waals surface area contributed by atoms with Gasteiger partial charge in [-0.3, -0.25) is 4.79 Å². The van der Waals surface area contributed by atoms with Gasteiger partial charge in [-0.1, -0.05) is 11.6 Å². The van der Waals surface area contributed by atoms with Gasteiger partial charge in [-0.2, -0.15) is 4.68 Å². The van der Waals surface area contributed by atoms with E-state index in [4.69, 9.17) is 21.1 Å². The van der Waals surface area contributed by atoms with Crippen LogP contribution in [0.2, 0.25) is 5.02 Å². The highest BCUT2D eigenvalue weighted by Crippen LogP contribution is 2.33. The number of hydrogen-bond donors (Lipinski definition) is 1. The predicted molar refractivity (Wildman–Crippen MR) is 96.4 cm³/mol. The van der Waals surface area contributed by atoms with E-state index >= 15 is 0 Å². The van der Waals surface area contributed by atoms with Crippen molar-refractivity contribution in [3.63, 3.8) is 0 Å². The highest BCUT2D eigenvalue weighted by Gasteiger charge is 2.17. The molecule has 0 unspecified atom stereocenters. The van der Waals surface area contributed by atoms with E-state index in [1.165, 1.54) is 18.1 Å². The third-order valence-electron chi connectivity index (χ3n) is 3.78. The number of nitrogens with zero attached hydrogens (tertiary/aromatic N) is 4. The lowest BCUT2D eigenvalue weighted by atomic mass is 10.1. The Labute approximate surface area is 154 Å². The number of halogens is 1. The molecule has 9 heteroatoms. The number of tetrazole rings is 1. The molecule has 0 spiro atoms. The van der Waals surface area contributed by atoms with Gasteiger partial charge >= 0.3 is 0 Å². The molecule has 3 rings (SSSR count). The molecular weight excluding hydrogens is 358 g/mol. The van der Waals surface area contributed by atoms with Gasteiger partial charge in [-0.25, -0.2) is 0 Å². The Kier molecular flexibility index (Phi) is 5.04. The topological polar surface area (TPSA) is 91.2 Å². The van der Waals surface area contributed by atoms with Crippen LogP contribution in [-0.2, 0) is 0 Å². The van der Waals surface area contributed by atoms with Crippen LogP contribution in [0.3, 0.4) is 0 Å². The average Bonchev–Trinajstić information content (AvgIpc) is 3.17. The van der Waals surface area contributed by atoms with Crippen molar-refractivity contribution in [2.75, 3.05) is 19.5 Å². The molecule has 0 aliphatic rings. The van der Waals surface area contributed by atoms with Crippen LogP contribution in [0.15, 0.2) is 36.7 Å². The first kappa shape index (κ1) is 17.7. The van der Waals surface area contributed by atoms with E-state index in [1.54, 1.807) is 37.4 Å². The summed E-state index contributed by atoms with van der Waals surface area (Å²) >= 11 is 6.07. The molecule has 0 bridgehead atoms. The van der Waals surface area contributed by atoms with Crippen molar-refractivity contribution in [2.24, 2.45) is 0 Å². The highest BCUT2D eigenvalue weighted by molar-refractivity contribution is 6.31. The number of aryl methyl sites for hydroxylation is 1. The lowest BCUT2D eigenvalue weighted by Crippen LogP contribution is -2.16. The van der Waals surface area contributed by atoms with Gasteiger partial charge < -0.3 is 14.8 Å².